The number of aromatic nitrogens is 1. The minimum absolute atomic E-state index is 0.449. The standard InChI is InChI=1S/C9H16N2/c1-8(2)9(7-10)11-5-3-4-6-11/h3-6,8-9H,7,10H2,1-2H3. The van der Waals surface area contributed by atoms with Crippen molar-refractivity contribution in [2.24, 2.45) is 11.7 Å². The molecular weight excluding hydrogens is 136 g/mol. The van der Waals surface area contributed by atoms with Gasteiger partial charge in [0.25, 0.3) is 0 Å². The third kappa shape index (κ3) is 1.84. The fourth-order valence-electron chi connectivity index (χ4n) is 1.31. The van der Waals surface area contributed by atoms with E-state index in [1.807, 2.05) is 12.1 Å². The van der Waals surface area contributed by atoms with Crippen LogP contribution in [-0.2, 0) is 0 Å². The maximum atomic E-state index is 5.64. The molecule has 2 N–H and O–H groups in total. The predicted molar refractivity (Wildman–Crippen MR) is 47.4 cm³/mol. The van der Waals surface area contributed by atoms with Crippen LogP contribution in [0.4, 0.5) is 0 Å². The Morgan fingerprint density at radius 3 is 2.18 bits per heavy atom. The quantitative estimate of drug-likeness (QED) is 0.701. The highest BCUT2D eigenvalue weighted by atomic mass is 15.0. The largest absolute Gasteiger partial charge is 0.350 e. The van der Waals surface area contributed by atoms with Crippen LogP contribution in [0.2, 0.25) is 0 Å². The number of rotatable bonds is 3. The third-order valence-electron chi connectivity index (χ3n) is 2.02. The van der Waals surface area contributed by atoms with Crippen molar-refractivity contribution < 1.29 is 0 Å². The first-order valence-corrected chi connectivity index (χ1v) is 4.08. The van der Waals surface area contributed by atoms with Crippen LogP contribution in [0.15, 0.2) is 24.5 Å². The Labute approximate surface area is 68.0 Å². The highest BCUT2D eigenvalue weighted by Gasteiger charge is 2.10. The first-order valence-electron chi connectivity index (χ1n) is 4.08. The molecule has 1 unspecified atom stereocenters. The van der Waals surface area contributed by atoms with Crippen LogP contribution < -0.4 is 5.73 Å². The van der Waals surface area contributed by atoms with Crippen LogP contribution in [0.25, 0.3) is 0 Å². The summed E-state index contributed by atoms with van der Waals surface area (Å²) in [5.41, 5.74) is 5.64. The van der Waals surface area contributed by atoms with Crippen LogP contribution in [0.1, 0.15) is 19.9 Å². The fourth-order valence-corrected chi connectivity index (χ4v) is 1.31. The Bertz CT molecular complexity index is 189. The molecule has 1 atom stereocenters. The van der Waals surface area contributed by atoms with Crippen molar-refractivity contribution in [2.75, 3.05) is 6.54 Å². The summed E-state index contributed by atoms with van der Waals surface area (Å²) in [7, 11) is 0. The molecule has 0 amide bonds. The van der Waals surface area contributed by atoms with Crippen LogP contribution in [0.5, 0.6) is 0 Å². The summed E-state index contributed by atoms with van der Waals surface area (Å²) in [5, 5.41) is 0. The lowest BCUT2D eigenvalue weighted by Crippen LogP contribution is -2.22. The van der Waals surface area contributed by atoms with Gasteiger partial charge in [-0.15, -0.1) is 0 Å². The maximum Gasteiger partial charge on any atom is 0.0475 e. The normalized spacial score (nSPS) is 13.8. The van der Waals surface area contributed by atoms with Crippen LogP contribution in [-0.4, -0.2) is 11.1 Å². The first kappa shape index (κ1) is 8.34. The molecular formula is C9H16N2. The average molecular weight is 152 g/mol. The van der Waals surface area contributed by atoms with E-state index in [2.05, 4.69) is 30.8 Å². The number of nitrogens with zero attached hydrogens (tertiary/aromatic N) is 1. The minimum Gasteiger partial charge on any atom is -0.350 e. The second-order valence-corrected chi connectivity index (χ2v) is 3.18. The summed E-state index contributed by atoms with van der Waals surface area (Å²) in [6.45, 7) is 5.10. The molecule has 0 radical (unpaired) electrons. The van der Waals surface area contributed by atoms with E-state index in [0.29, 0.717) is 18.5 Å². The predicted octanol–water partition coefficient (Wildman–Crippen LogP) is 1.64. The third-order valence-corrected chi connectivity index (χ3v) is 2.02. The second kappa shape index (κ2) is 3.58. The van der Waals surface area contributed by atoms with Gasteiger partial charge in [0.05, 0.1) is 0 Å². The Balaban J connectivity index is 2.71. The lowest BCUT2D eigenvalue weighted by molar-refractivity contribution is 0.386. The van der Waals surface area contributed by atoms with Crippen molar-refractivity contribution in [3.63, 3.8) is 0 Å². The smallest absolute Gasteiger partial charge is 0.0475 e. The molecule has 1 heterocycles. The summed E-state index contributed by atoms with van der Waals surface area (Å²) in [6.07, 6.45) is 4.13. The first-order chi connectivity index (χ1) is 5.25. The van der Waals surface area contributed by atoms with Gasteiger partial charge < -0.3 is 10.3 Å². The monoisotopic (exact) mass is 152 g/mol. The summed E-state index contributed by atoms with van der Waals surface area (Å²) < 4.78 is 2.17. The molecule has 0 bridgehead atoms. The van der Waals surface area contributed by atoms with Crippen molar-refractivity contribution in [3.05, 3.63) is 24.5 Å². The molecule has 2 nitrogen and oxygen atoms in total. The van der Waals surface area contributed by atoms with E-state index in [9.17, 15) is 0 Å². The number of hydrogen-bond donors (Lipinski definition) is 1. The SMILES string of the molecule is CC(C)C(CN)n1cccc1. The van der Waals surface area contributed by atoms with Gasteiger partial charge in [0, 0.05) is 25.0 Å². The highest BCUT2D eigenvalue weighted by Crippen LogP contribution is 2.15. The summed E-state index contributed by atoms with van der Waals surface area (Å²) in [6, 6.07) is 4.51. The number of hydrogen-bond acceptors (Lipinski definition) is 1. The summed E-state index contributed by atoms with van der Waals surface area (Å²) >= 11 is 0. The van der Waals surface area contributed by atoms with Crippen LogP contribution in [0, 0.1) is 5.92 Å². The lowest BCUT2D eigenvalue weighted by Gasteiger charge is -2.20. The molecule has 0 saturated carbocycles. The zero-order valence-electron chi connectivity index (χ0n) is 7.20. The molecule has 0 fully saturated rings. The molecule has 0 aromatic carbocycles. The summed E-state index contributed by atoms with van der Waals surface area (Å²) in [4.78, 5) is 0. The Morgan fingerprint density at radius 1 is 1.27 bits per heavy atom. The molecule has 1 aromatic heterocycles. The topological polar surface area (TPSA) is 30.9 Å². The van der Waals surface area contributed by atoms with Crippen molar-refractivity contribution in [1.29, 1.82) is 0 Å². The van der Waals surface area contributed by atoms with Gasteiger partial charge in [-0.3, -0.25) is 0 Å². The maximum absolute atomic E-state index is 5.64. The van der Waals surface area contributed by atoms with Crippen molar-refractivity contribution in [3.8, 4) is 0 Å². The summed E-state index contributed by atoms with van der Waals surface area (Å²) in [5.74, 6) is 0.604. The van der Waals surface area contributed by atoms with E-state index < -0.39 is 0 Å². The van der Waals surface area contributed by atoms with Crippen molar-refractivity contribution in [1.82, 2.24) is 4.57 Å². The Hall–Kier alpha value is -0.760. The van der Waals surface area contributed by atoms with Crippen LogP contribution in [0.3, 0.4) is 0 Å². The zero-order chi connectivity index (χ0) is 8.27. The van der Waals surface area contributed by atoms with Gasteiger partial charge in [-0.05, 0) is 18.1 Å². The minimum atomic E-state index is 0.449. The van der Waals surface area contributed by atoms with E-state index >= 15 is 0 Å². The van der Waals surface area contributed by atoms with Gasteiger partial charge in [-0.2, -0.15) is 0 Å². The molecule has 0 saturated heterocycles. The molecule has 0 aliphatic heterocycles. The van der Waals surface area contributed by atoms with Crippen LogP contribution >= 0.6 is 0 Å². The van der Waals surface area contributed by atoms with Gasteiger partial charge in [0.2, 0.25) is 0 Å². The van der Waals surface area contributed by atoms with E-state index in [0.717, 1.165) is 0 Å². The van der Waals surface area contributed by atoms with Gasteiger partial charge in [0.1, 0.15) is 0 Å². The Kier molecular flexibility index (Phi) is 2.71. The second-order valence-electron chi connectivity index (χ2n) is 3.18. The molecule has 0 spiro atoms. The van der Waals surface area contributed by atoms with Gasteiger partial charge in [-0.25, -0.2) is 0 Å². The van der Waals surface area contributed by atoms with E-state index in [1.165, 1.54) is 0 Å². The molecule has 0 aliphatic carbocycles. The molecule has 1 aromatic rings. The number of nitrogens with two attached hydrogens (primary N) is 1. The van der Waals surface area contributed by atoms with E-state index in [-0.39, 0.29) is 0 Å². The van der Waals surface area contributed by atoms with Gasteiger partial charge in [0.15, 0.2) is 0 Å². The average Bonchev–Trinajstić information content (AvgIpc) is 2.40. The fraction of sp³-hybridized carbons (Fsp3) is 0.556. The molecule has 62 valence electrons. The van der Waals surface area contributed by atoms with Gasteiger partial charge >= 0.3 is 0 Å². The highest BCUT2D eigenvalue weighted by molar-refractivity contribution is 4.93. The molecule has 11 heavy (non-hydrogen) atoms. The molecule has 0 aliphatic rings. The van der Waals surface area contributed by atoms with Gasteiger partial charge in [-0.1, -0.05) is 13.8 Å². The van der Waals surface area contributed by atoms with Crippen molar-refractivity contribution in [2.45, 2.75) is 19.9 Å². The lowest BCUT2D eigenvalue weighted by atomic mass is 10.1. The zero-order valence-corrected chi connectivity index (χ0v) is 7.20. The van der Waals surface area contributed by atoms with E-state index in [4.69, 9.17) is 5.73 Å². The molecule has 2 heteroatoms. The van der Waals surface area contributed by atoms with Crippen molar-refractivity contribution >= 4 is 0 Å². The molecule has 1 rings (SSSR count). The Morgan fingerprint density at radius 2 is 1.82 bits per heavy atom. The van der Waals surface area contributed by atoms with E-state index in [1.54, 1.807) is 0 Å².